The molecule has 25 heavy (non-hydrogen) atoms. The Kier molecular flexibility index (Phi) is 3.69. The van der Waals surface area contributed by atoms with E-state index in [9.17, 15) is 14.9 Å². The van der Waals surface area contributed by atoms with Crippen LogP contribution in [-0.4, -0.2) is 16.7 Å². The normalized spacial score (nSPS) is 21.0. The molecule has 0 N–H and O–H groups in total. The van der Waals surface area contributed by atoms with E-state index in [0.29, 0.717) is 12.0 Å². The van der Waals surface area contributed by atoms with Crippen LogP contribution in [0.25, 0.3) is 6.08 Å². The Morgan fingerprint density at radius 1 is 1.04 bits per heavy atom. The lowest BCUT2D eigenvalue weighted by Crippen LogP contribution is -2.45. The molecule has 0 fully saturated rings. The van der Waals surface area contributed by atoms with E-state index in [4.69, 9.17) is 0 Å². The number of carbonyl (C=O) groups is 1. The summed E-state index contributed by atoms with van der Waals surface area (Å²) >= 11 is 0. The first-order valence-electron chi connectivity index (χ1n) is 8.15. The Morgan fingerprint density at radius 3 is 2.60 bits per heavy atom. The number of rotatable bonds is 3. The number of ketones is 1. The Balaban J connectivity index is 1.73. The number of benzene rings is 2. The van der Waals surface area contributed by atoms with Crippen LogP contribution in [0.5, 0.6) is 0 Å². The summed E-state index contributed by atoms with van der Waals surface area (Å²) in [4.78, 5) is 25.4. The summed E-state index contributed by atoms with van der Waals surface area (Å²) < 4.78 is 0. The molecule has 0 unspecified atom stereocenters. The number of hydrogen-bond acceptors (Lipinski definition) is 4. The fourth-order valence-corrected chi connectivity index (χ4v) is 3.59. The van der Waals surface area contributed by atoms with Gasteiger partial charge in [-0.25, -0.2) is 0 Å². The average molecular weight is 332 g/mol. The Bertz CT molecular complexity index is 902. The summed E-state index contributed by atoms with van der Waals surface area (Å²) in [6.45, 7) is 0. The van der Waals surface area contributed by atoms with Gasteiger partial charge in [-0.2, -0.15) is 0 Å². The lowest BCUT2D eigenvalue weighted by atomic mass is 9.83. The van der Waals surface area contributed by atoms with Crippen molar-refractivity contribution in [3.05, 3.63) is 88.1 Å². The molecule has 2 aromatic carbocycles. The molecule has 0 bridgehead atoms. The molecule has 5 nitrogen and oxygen atoms in total. The summed E-state index contributed by atoms with van der Waals surface area (Å²) in [5.74, 6) is -0.125. The van der Waals surface area contributed by atoms with E-state index in [1.54, 1.807) is 24.4 Å². The molecule has 0 amide bonds. The minimum Gasteiger partial charge on any atom is -0.340 e. The quantitative estimate of drug-likeness (QED) is 0.634. The molecule has 124 valence electrons. The van der Waals surface area contributed by atoms with E-state index in [2.05, 4.69) is 0 Å². The van der Waals surface area contributed by atoms with Crippen molar-refractivity contribution >= 4 is 23.2 Å². The van der Waals surface area contributed by atoms with Gasteiger partial charge in [0, 0.05) is 12.3 Å². The van der Waals surface area contributed by atoms with Gasteiger partial charge in [0.2, 0.25) is 0 Å². The molecule has 0 saturated heterocycles. The minimum atomic E-state index is -0.371. The first-order chi connectivity index (χ1) is 12.1. The molecule has 2 aliphatic rings. The van der Waals surface area contributed by atoms with Crippen molar-refractivity contribution < 1.29 is 9.72 Å². The SMILES string of the molecule is O=C1C=CN2c3cccc([N+](=O)[O-])c3C=C[C@@H]2[C@H]1Cc1ccccc1. The van der Waals surface area contributed by atoms with Gasteiger partial charge in [-0.15, -0.1) is 0 Å². The van der Waals surface area contributed by atoms with Crippen LogP contribution in [0.4, 0.5) is 11.4 Å². The molecular weight excluding hydrogens is 316 g/mol. The van der Waals surface area contributed by atoms with Crippen molar-refractivity contribution in [1.82, 2.24) is 0 Å². The highest BCUT2D eigenvalue weighted by atomic mass is 16.6. The number of nitrogens with zero attached hydrogens (tertiary/aromatic N) is 2. The van der Waals surface area contributed by atoms with Crippen LogP contribution in [0.3, 0.4) is 0 Å². The van der Waals surface area contributed by atoms with Gasteiger partial charge >= 0.3 is 0 Å². The van der Waals surface area contributed by atoms with E-state index < -0.39 is 0 Å². The van der Waals surface area contributed by atoms with E-state index >= 15 is 0 Å². The second-order valence-corrected chi connectivity index (χ2v) is 6.24. The number of hydrogen-bond donors (Lipinski definition) is 0. The van der Waals surface area contributed by atoms with Crippen LogP contribution in [0.1, 0.15) is 11.1 Å². The van der Waals surface area contributed by atoms with Gasteiger partial charge in [0.05, 0.1) is 28.1 Å². The van der Waals surface area contributed by atoms with Crippen molar-refractivity contribution in [1.29, 1.82) is 0 Å². The number of nitro benzene ring substituents is 1. The zero-order valence-corrected chi connectivity index (χ0v) is 13.4. The van der Waals surface area contributed by atoms with E-state index in [-0.39, 0.29) is 28.4 Å². The predicted octanol–water partition coefficient (Wildman–Crippen LogP) is 3.75. The van der Waals surface area contributed by atoms with Crippen LogP contribution < -0.4 is 4.90 Å². The summed E-state index contributed by atoms with van der Waals surface area (Å²) in [5.41, 5.74) is 2.54. The van der Waals surface area contributed by atoms with E-state index in [1.807, 2.05) is 47.4 Å². The second kappa shape index (κ2) is 6.02. The zero-order valence-electron chi connectivity index (χ0n) is 13.4. The van der Waals surface area contributed by atoms with Gasteiger partial charge in [-0.3, -0.25) is 14.9 Å². The third-order valence-corrected chi connectivity index (χ3v) is 4.79. The number of anilines is 1. The molecule has 0 saturated carbocycles. The van der Waals surface area contributed by atoms with Crippen molar-refractivity contribution in [3.8, 4) is 0 Å². The van der Waals surface area contributed by atoms with Gasteiger partial charge in [0.25, 0.3) is 5.69 Å². The lowest BCUT2D eigenvalue weighted by molar-refractivity contribution is -0.385. The smallest absolute Gasteiger partial charge is 0.278 e. The largest absolute Gasteiger partial charge is 0.340 e. The molecular formula is C20H16N2O3. The molecule has 4 rings (SSSR count). The third kappa shape index (κ3) is 2.63. The topological polar surface area (TPSA) is 63.5 Å². The Hall–Kier alpha value is -3.21. The molecule has 2 heterocycles. The fourth-order valence-electron chi connectivity index (χ4n) is 3.59. The first-order valence-corrected chi connectivity index (χ1v) is 8.15. The van der Waals surface area contributed by atoms with Crippen LogP contribution >= 0.6 is 0 Å². The van der Waals surface area contributed by atoms with Gasteiger partial charge in [-0.05, 0) is 30.2 Å². The highest BCUT2D eigenvalue weighted by molar-refractivity contribution is 5.96. The average Bonchev–Trinajstić information content (AvgIpc) is 2.63. The number of fused-ring (bicyclic) bond motifs is 3. The maximum Gasteiger partial charge on any atom is 0.278 e. The van der Waals surface area contributed by atoms with Crippen molar-refractivity contribution in [2.45, 2.75) is 12.5 Å². The van der Waals surface area contributed by atoms with Crippen molar-refractivity contribution in [3.63, 3.8) is 0 Å². The molecule has 0 radical (unpaired) electrons. The van der Waals surface area contributed by atoms with Crippen molar-refractivity contribution in [2.75, 3.05) is 4.90 Å². The molecule has 0 spiro atoms. The van der Waals surface area contributed by atoms with Crippen molar-refractivity contribution in [2.24, 2.45) is 5.92 Å². The predicted molar refractivity (Wildman–Crippen MR) is 96.2 cm³/mol. The maximum absolute atomic E-state index is 12.5. The summed E-state index contributed by atoms with van der Waals surface area (Å²) in [7, 11) is 0. The zero-order chi connectivity index (χ0) is 17.4. The third-order valence-electron chi connectivity index (χ3n) is 4.79. The fraction of sp³-hybridized carbons (Fsp3) is 0.150. The molecule has 0 aliphatic carbocycles. The number of nitro groups is 1. The highest BCUT2D eigenvalue weighted by Crippen LogP contribution is 2.39. The van der Waals surface area contributed by atoms with E-state index in [1.165, 1.54) is 6.07 Å². The molecule has 2 aromatic rings. The van der Waals surface area contributed by atoms with Gasteiger partial charge in [0.1, 0.15) is 0 Å². The first kappa shape index (κ1) is 15.3. The summed E-state index contributed by atoms with van der Waals surface area (Å²) in [6, 6.07) is 14.8. The molecule has 2 aliphatic heterocycles. The second-order valence-electron chi connectivity index (χ2n) is 6.24. The van der Waals surface area contributed by atoms with Crippen LogP contribution in [0, 0.1) is 16.0 Å². The summed E-state index contributed by atoms with van der Waals surface area (Å²) in [5, 5.41) is 11.3. The maximum atomic E-state index is 12.5. The van der Waals surface area contributed by atoms with Crippen LogP contribution in [0.15, 0.2) is 66.9 Å². The highest BCUT2D eigenvalue weighted by Gasteiger charge is 2.36. The van der Waals surface area contributed by atoms with E-state index in [0.717, 1.165) is 11.3 Å². The Labute approximate surface area is 145 Å². The van der Waals surface area contributed by atoms with Crippen LogP contribution in [0.2, 0.25) is 0 Å². The molecule has 0 aromatic heterocycles. The van der Waals surface area contributed by atoms with Crippen LogP contribution in [-0.2, 0) is 11.2 Å². The van der Waals surface area contributed by atoms with Gasteiger partial charge in [0.15, 0.2) is 5.78 Å². The molecule has 5 heteroatoms. The minimum absolute atomic E-state index is 0.0807. The number of carbonyl (C=O) groups excluding carboxylic acids is 1. The lowest BCUT2D eigenvalue weighted by Gasteiger charge is -2.39. The standard InChI is InChI=1S/C20H16N2O3/c23-20-11-12-21-17-7-4-8-19(22(24)25)15(17)9-10-18(21)16(20)13-14-5-2-1-3-6-14/h1-12,16,18H,13H2/t16-,18-/m1/s1. The molecule has 2 atom stereocenters. The Morgan fingerprint density at radius 2 is 1.84 bits per heavy atom. The summed E-state index contributed by atoms with van der Waals surface area (Å²) in [6.07, 6.45) is 7.63. The monoisotopic (exact) mass is 332 g/mol. The van der Waals surface area contributed by atoms with Gasteiger partial charge < -0.3 is 4.90 Å². The van der Waals surface area contributed by atoms with Gasteiger partial charge in [-0.1, -0.05) is 42.5 Å². The number of allylic oxidation sites excluding steroid dienone is 1.